The van der Waals surface area contributed by atoms with Crippen LogP contribution in [0.5, 0.6) is 0 Å². The summed E-state index contributed by atoms with van der Waals surface area (Å²) >= 11 is 0. The molecule has 2 aromatic heterocycles. The second-order valence-electron chi connectivity index (χ2n) is 8.27. The summed E-state index contributed by atoms with van der Waals surface area (Å²) in [6.07, 6.45) is 2.53. The summed E-state index contributed by atoms with van der Waals surface area (Å²) < 4.78 is 6.53. The van der Waals surface area contributed by atoms with E-state index in [0.717, 1.165) is 10.2 Å². The molecular formula is C22H25N7O4. The Hall–Kier alpha value is -4.28. The van der Waals surface area contributed by atoms with Gasteiger partial charge >= 0.3 is 6.09 Å². The average molecular weight is 451 g/mol. The number of nitro groups is 1. The number of nitrogens with one attached hydrogen (secondary N) is 2. The van der Waals surface area contributed by atoms with Gasteiger partial charge in [0.25, 0.3) is 5.69 Å². The van der Waals surface area contributed by atoms with Crippen molar-refractivity contribution in [2.75, 3.05) is 10.6 Å². The topological polar surface area (TPSA) is 137 Å². The molecule has 1 aromatic carbocycles. The average Bonchev–Trinajstić information content (AvgIpc) is 3.08. The number of non-ortho nitro benzene ring substituents is 1. The maximum atomic E-state index is 12.4. The van der Waals surface area contributed by atoms with E-state index in [1.54, 1.807) is 52.1 Å². The van der Waals surface area contributed by atoms with E-state index < -0.39 is 16.6 Å². The summed E-state index contributed by atoms with van der Waals surface area (Å²) in [7, 11) is 0. The largest absolute Gasteiger partial charge is 0.442 e. The molecular weight excluding hydrogens is 426 g/mol. The maximum absolute atomic E-state index is 12.4. The fraction of sp³-hybridized carbons (Fsp3) is 0.273. The van der Waals surface area contributed by atoms with E-state index in [1.165, 1.54) is 12.1 Å². The van der Waals surface area contributed by atoms with Gasteiger partial charge in [0.15, 0.2) is 5.82 Å². The number of aromatic nitrogens is 4. The molecule has 0 radical (unpaired) electrons. The van der Waals surface area contributed by atoms with Gasteiger partial charge in [0.05, 0.1) is 10.6 Å². The number of carbonyl (C=O) groups excluding carboxylic acids is 1. The van der Waals surface area contributed by atoms with E-state index in [9.17, 15) is 14.9 Å². The summed E-state index contributed by atoms with van der Waals surface area (Å²) in [5.74, 6) is 0.979. The fourth-order valence-corrected chi connectivity index (χ4v) is 2.83. The van der Waals surface area contributed by atoms with Gasteiger partial charge in [-0.25, -0.2) is 9.78 Å². The minimum atomic E-state index is -0.656. The summed E-state index contributed by atoms with van der Waals surface area (Å²) in [6, 6.07) is 6.16. The first-order valence-corrected chi connectivity index (χ1v) is 10.1. The van der Waals surface area contributed by atoms with Gasteiger partial charge in [0, 0.05) is 35.7 Å². The molecule has 0 amide bonds. The summed E-state index contributed by atoms with van der Waals surface area (Å²) in [6.45, 7) is 12.6. The molecule has 0 spiro atoms. The Labute approximate surface area is 190 Å². The molecule has 172 valence electrons. The van der Waals surface area contributed by atoms with Crippen LogP contribution in [-0.4, -0.2) is 36.4 Å². The molecule has 0 unspecified atom stereocenters. The van der Waals surface area contributed by atoms with Crippen LogP contribution in [0.25, 0.3) is 6.08 Å². The lowest BCUT2D eigenvalue weighted by molar-refractivity contribution is -0.384. The van der Waals surface area contributed by atoms with E-state index in [1.807, 2.05) is 6.92 Å². The minimum Gasteiger partial charge on any atom is -0.442 e. The molecule has 0 saturated heterocycles. The number of hydrogen-bond acceptors (Lipinski definition) is 9. The Balaban J connectivity index is 1.88. The number of nitro benzene ring substituents is 1. The van der Waals surface area contributed by atoms with Crippen molar-refractivity contribution >= 4 is 41.1 Å². The fourth-order valence-electron chi connectivity index (χ4n) is 2.83. The van der Waals surface area contributed by atoms with Crippen LogP contribution in [0, 0.1) is 24.0 Å². The SMILES string of the molecule is C=Cc1cnc(Nc2cc([N+](=O)[O-])ccc2C)nc1Nc1cc(C)n(C(=O)OC(C)(C)C)n1. The molecule has 33 heavy (non-hydrogen) atoms. The van der Waals surface area contributed by atoms with Crippen LogP contribution < -0.4 is 10.6 Å². The van der Waals surface area contributed by atoms with E-state index in [0.29, 0.717) is 28.6 Å². The van der Waals surface area contributed by atoms with Crippen LogP contribution in [0.15, 0.2) is 37.0 Å². The van der Waals surface area contributed by atoms with E-state index in [2.05, 4.69) is 32.3 Å². The Kier molecular flexibility index (Phi) is 6.43. The summed E-state index contributed by atoms with van der Waals surface area (Å²) in [5, 5.41) is 21.4. The Morgan fingerprint density at radius 2 is 1.97 bits per heavy atom. The highest BCUT2D eigenvalue weighted by Gasteiger charge is 2.21. The zero-order chi connectivity index (χ0) is 24.3. The highest BCUT2D eigenvalue weighted by atomic mass is 16.6. The lowest BCUT2D eigenvalue weighted by Crippen LogP contribution is -2.28. The Morgan fingerprint density at radius 1 is 1.24 bits per heavy atom. The number of carbonyl (C=O) groups is 1. The first-order valence-electron chi connectivity index (χ1n) is 10.1. The van der Waals surface area contributed by atoms with Crippen molar-refractivity contribution in [2.24, 2.45) is 0 Å². The van der Waals surface area contributed by atoms with Gasteiger partial charge in [-0.3, -0.25) is 10.1 Å². The van der Waals surface area contributed by atoms with Gasteiger partial charge in [-0.05, 0) is 40.2 Å². The van der Waals surface area contributed by atoms with Crippen molar-refractivity contribution in [1.29, 1.82) is 0 Å². The predicted octanol–water partition coefficient (Wildman–Crippen LogP) is 5.11. The van der Waals surface area contributed by atoms with Crippen molar-refractivity contribution in [3.8, 4) is 0 Å². The quantitative estimate of drug-likeness (QED) is 0.387. The lowest BCUT2D eigenvalue weighted by Gasteiger charge is -2.19. The number of nitrogens with zero attached hydrogens (tertiary/aromatic N) is 5. The van der Waals surface area contributed by atoms with Crippen LogP contribution in [0.1, 0.15) is 37.6 Å². The highest BCUT2D eigenvalue weighted by molar-refractivity contribution is 5.73. The molecule has 11 heteroatoms. The zero-order valence-electron chi connectivity index (χ0n) is 19.0. The monoisotopic (exact) mass is 451 g/mol. The molecule has 2 N–H and O–H groups in total. The number of aryl methyl sites for hydroxylation is 2. The number of hydrogen-bond donors (Lipinski definition) is 2. The van der Waals surface area contributed by atoms with E-state index >= 15 is 0 Å². The molecule has 3 rings (SSSR count). The summed E-state index contributed by atoms with van der Waals surface area (Å²) in [5.41, 5.74) is 1.76. The Morgan fingerprint density at radius 3 is 2.61 bits per heavy atom. The predicted molar refractivity (Wildman–Crippen MR) is 125 cm³/mol. The van der Waals surface area contributed by atoms with Crippen molar-refractivity contribution in [2.45, 2.75) is 40.2 Å². The van der Waals surface area contributed by atoms with E-state index in [-0.39, 0.29) is 11.6 Å². The number of rotatable bonds is 6. The van der Waals surface area contributed by atoms with Crippen molar-refractivity contribution in [1.82, 2.24) is 19.7 Å². The third-order valence-electron chi connectivity index (χ3n) is 4.42. The first kappa shape index (κ1) is 23.4. The molecule has 2 heterocycles. The van der Waals surface area contributed by atoms with Gasteiger partial charge in [-0.2, -0.15) is 9.67 Å². The smallest absolute Gasteiger partial charge is 0.435 e. The third kappa shape index (κ3) is 5.70. The number of ether oxygens (including phenoxy) is 1. The van der Waals surface area contributed by atoms with Crippen LogP contribution in [0.3, 0.4) is 0 Å². The first-order chi connectivity index (χ1) is 15.5. The van der Waals surface area contributed by atoms with Gasteiger partial charge < -0.3 is 15.4 Å². The molecule has 0 saturated carbocycles. The Bertz CT molecular complexity index is 1230. The molecule has 0 aliphatic rings. The molecule has 0 aliphatic heterocycles. The van der Waals surface area contributed by atoms with E-state index in [4.69, 9.17) is 4.74 Å². The number of benzene rings is 1. The molecule has 11 nitrogen and oxygen atoms in total. The van der Waals surface area contributed by atoms with Crippen LogP contribution in [0.4, 0.5) is 33.8 Å². The maximum Gasteiger partial charge on any atom is 0.435 e. The van der Waals surface area contributed by atoms with Gasteiger partial charge in [0.2, 0.25) is 5.95 Å². The molecule has 3 aromatic rings. The van der Waals surface area contributed by atoms with Crippen LogP contribution in [0.2, 0.25) is 0 Å². The number of anilines is 4. The van der Waals surface area contributed by atoms with Crippen molar-refractivity contribution < 1.29 is 14.5 Å². The molecule has 0 atom stereocenters. The lowest BCUT2D eigenvalue weighted by atomic mass is 10.2. The van der Waals surface area contributed by atoms with Gasteiger partial charge in [-0.15, -0.1) is 5.10 Å². The van der Waals surface area contributed by atoms with Gasteiger partial charge in [-0.1, -0.05) is 18.7 Å². The molecule has 0 fully saturated rings. The highest BCUT2D eigenvalue weighted by Crippen LogP contribution is 2.26. The van der Waals surface area contributed by atoms with Crippen molar-refractivity contribution in [3.05, 3.63) is 64.0 Å². The van der Waals surface area contributed by atoms with Crippen molar-refractivity contribution in [3.63, 3.8) is 0 Å². The second-order valence-corrected chi connectivity index (χ2v) is 8.27. The van der Waals surface area contributed by atoms with Crippen LogP contribution >= 0.6 is 0 Å². The van der Waals surface area contributed by atoms with Gasteiger partial charge in [0.1, 0.15) is 11.4 Å². The third-order valence-corrected chi connectivity index (χ3v) is 4.42. The molecule has 0 aliphatic carbocycles. The standard InChI is InChI=1S/C22H25N7O4/c1-7-15-12-23-20(24-17-11-16(29(31)32)9-8-13(17)2)26-19(15)25-18-10-14(3)28(27-18)21(30)33-22(4,5)6/h7-12H,1H2,2-6H3,(H2,23,24,25,26,27). The summed E-state index contributed by atoms with van der Waals surface area (Å²) in [4.78, 5) is 31.7. The molecule has 0 bridgehead atoms. The van der Waals surface area contributed by atoms with Crippen LogP contribution in [-0.2, 0) is 4.74 Å². The normalized spacial score (nSPS) is 11.1. The minimum absolute atomic E-state index is 0.0488. The second kappa shape index (κ2) is 9.07. The zero-order valence-corrected chi connectivity index (χ0v) is 19.0.